The van der Waals surface area contributed by atoms with Crippen LogP contribution in [0.3, 0.4) is 0 Å². The van der Waals surface area contributed by atoms with Gasteiger partial charge in [-0.1, -0.05) is 17.7 Å². The fraction of sp³-hybridized carbons (Fsp3) is 0.500. The number of halogens is 1. The number of rotatable bonds is 2. The molecule has 0 aliphatic carbocycles. The minimum absolute atomic E-state index is 0.139. The average Bonchev–Trinajstić information content (AvgIpc) is 2.30. The molecule has 88 valence electrons. The van der Waals surface area contributed by atoms with Crippen LogP contribution in [0.25, 0.3) is 0 Å². The second kappa shape index (κ2) is 5.04. The summed E-state index contributed by atoms with van der Waals surface area (Å²) in [5, 5.41) is 4.13. The maximum absolute atomic E-state index is 6.23. The number of hydrogen-bond donors (Lipinski definition) is 1. The Bertz CT molecular complexity index is 370. The molecule has 1 aromatic carbocycles. The summed E-state index contributed by atoms with van der Waals surface area (Å²) in [6, 6.07) is 5.90. The summed E-state index contributed by atoms with van der Waals surface area (Å²) in [6.45, 7) is 3.67. The summed E-state index contributed by atoms with van der Waals surface area (Å²) in [6.07, 6.45) is 0.139. The van der Waals surface area contributed by atoms with E-state index in [2.05, 4.69) is 12.2 Å². The van der Waals surface area contributed by atoms with Crippen molar-refractivity contribution in [3.05, 3.63) is 28.8 Å². The zero-order chi connectivity index (χ0) is 11.5. The first-order valence-corrected chi connectivity index (χ1v) is 5.78. The fourth-order valence-corrected chi connectivity index (χ4v) is 2.26. The first kappa shape index (κ1) is 11.7. The van der Waals surface area contributed by atoms with Gasteiger partial charge in [0.25, 0.3) is 0 Å². The van der Waals surface area contributed by atoms with E-state index in [0.717, 1.165) is 24.5 Å². The van der Waals surface area contributed by atoms with Gasteiger partial charge in [-0.15, -0.1) is 0 Å². The molecular weight excluding hydrogens is 226 g/mol. The molecule has 0 spiro atoms. The average molecular weight is 242 g/mol. The highest BCUT2D eigenvalue weighted by Gasteiger charge is 2.24. The molecule has 1 heterocycles. The monoisotopic (exact) mass is 241 g/mol. The number of ether oxygens (including phenoxy) is 2. The second-order valence-electron chi connectivity index (χ2n) is 3.90. The molecule has 1 aromatic rings. The van der Waals surface area contributed by atoms with Crippen molar-refractivity contribution in [3.8, 4) is 5.75 Å². The number of methoxy groups -OCH3 is 1. The molecule has 0 saturated carbocycles. The maximum Gasteiger partial charge on any atom is 0.120 e. The van der Waals surface area contributed by atoms with Gasteiger partial charge in [-0.3, -0.25) is 0 Å². The lowest BCUT2D eigenvalue weighted by molar-refractivity contribution is 0.00757. The molecule has 4 heteroatoms. The minimum Gasteiger partial charge on any atom is -0.497 e. The highest BCUT2D eigenvalue weighted by molar-refractivity contribution is 6.31. The second-order valence-corrected chi connectivity index (χ2v) is 4.30. The van der Waals surface area contributed by atoms with Crippen LogP contribution in [0.4, 0.5) is 0 Å². The van der Waals surface area contributed by atoms with Crippen molar-refractivity contribution in [2.75, 3.05) is 20.3 Å². The van der Waals surface area contributed by atoms with E-state index in [1.807, 2.05) is 18.2 Å². The Morgan fingerprint density at radius 3 is 2.94 bits per heavy atom. The van der Waals surface area contributed by atoms with Gasteiger partial charge in [0.2, 0.25) is 0 Å². The van der Waals surface area contributed by atoms with Crippen molar-refractivity contribution in [1.82, 2.24) is 5.32 Å². The van der Waals surface area contributed by atoms with Crippen LogP contribution < -0.4 is 10.1 Å². The van der Waals surface area contributed by atoms with Crippen LogP contribution in [0.15, 0.2) is 18.2 Å². The first-order valence-electron chi connectivity index (χ1n) is 5.41. The number of benzene rings is 1. The normalized spacial score (nSPS) is 25.4. The minimum atomic E-state index is 0.139. The number of morpholine rings is 1. The first-order chi connectivity index (χ1) is 7.72. The molecule has 0 aromatic heterocycles. The third-order valence-electron chi connectivity index (χ3n) is 2.86. The molecule has 0 radical (unpaired) electrons. The van der Waals surface area contributed by atoms with E-state index in [1.165, 1.54) is 0 Å². The molecule has 16 heavy (non-hydrogen) atoms. The van der Waals surface area contributed by atoms with E-state index >= 15 is 0 Å². The van der Waals surface area contributed by atoms with Gasteiger partial charge in [0.1, 0.15) is 5.75 Å². The Kier molecular flexibility index (Phi) is 3.69. The topological polar surface area (TPSA) is 30.5 Å². The summed E-state index contributed by atoms with van der Waals surface area (Å²) in [5.74, 6) is 0.776. The van der Waals surface area contributed by atoms with Crippen LogP contribution >= 0.6 is 11.6 Å². The molecule has 0 amide bonds. The van der Waals surface area contributed by atoms with Gasteiger partial charge < -0.3 is 14.8 Å². The lowest BCUT2D eigenvalue weighted by Gasteiger charge is -2.31. The lowest BCUT2D eigenvalue weighted by Crippen LogP contribution is -2.40. The van der Waals surface area contributed by atoms with Gasteiger partial charge in [0.15, 0.2) is 0 Å². The third-order valence-corrected chi connectivity index (χ3v) is 3.19. The van der Waals surface area contributed by atoms with E-state index in [4.69, 9.17) is 21.1 Å². The Hall–Kier alpha value is -0.770. The van der Waals surface area contributed by atoms with Crippen molar-refractivity contribution < 1.29 is 9.47 Å². The Morgan fingerprint density at radius 2 is 2.31 bits per heavy atom. The molecule has 1 aliphatic rings. The SMILES string of the molecule is COc1ccc(C2NCCOC2C)c(Cl)c1. The van der Waals surface area contributed by atoms with Gasteiger partial charge in [-0.2, -0.15) is 0 Å². The standard InChI is InChI=1S/C12H16ClNO2/c1-8-12(14-5-6-16-8)10-4-3-9(15-2)7-11(10)13/h3-4,7-8,12,14H,5-6H2,1-2H3. The van der Waals surface area contributed by atoms with Crippen molar-refractivity contribution in [1.29, 1.82) is 0 Å². The number of nitrogens with one attached hydrogen (secondary N) is 1. The summed E-state index contributed by atoms with van der Waals surface area (Å²) >= 11 is 6.23. The quantitative estimate of drug-likeness (QED) is 0.863. The van der Waals surface area contributed by atoms with E-state index < -0.39 is 0 Å². The van der Waals surface area contributed by atoms with Gasteiger partial charge in [0, 0.05) is 11.6 Å². The molecule has 1 N–H and O–H groups in total. The molecule has 2 rings (SSSR count). The summed E-state index contributed by atoms with van der Waals surface area (Å²) in [7, 11) is 1.63. The third kappa shape index (κ3) is 2.32. The van der Waals surface area contributed by atoms with E-state index in [0.29, 0.717) is 5.02 Å². The van der Waals surface area contributed by atoms with Crippen LogP contribution in [0, 0.1) is 0 Å². The molecule has 1 aliphatic heterocycles. The van der Waals surface area contributed by atoms with Gasteiger partial charge in [0.05, 0.1) is 25.9 Å². The van der Waals surface area contributed by atoms with Crippen LogP contribution in [0.5, 0.6) is 5.75 Å². The summed E-state index contributed by atoms with van der Waals surface area (Å²) < 4.78 is 10.7. The van der Waals surface area contributed by atoms with E-state index in [1.54, 1.807) is 7.11 Å². The smallest absolute Gasteiger partial charge is 0.120 e. The molecule has 3 nitrogen and oxygen atoms in total. The predicted octanol–water partition coefficient (Wildman–Crippen LogP) is 2.40. The van der Waals surface area contributed by atoms with Crippen molar-refractivity contribution >= 4 is 11.6 Å². The fourth-order valence-electron chi connectivity index (χ4n) is 1.97. The predicted molar refractivity (Wildman–Crippen MR) is 64.2 cm³/mol. The summed E-state index contributed by atoms with van der Waals surface area (Å²) in [5.41, 5.74) is 1.06. The molecule has 1 fully saturated rings. The molecular formula is C12H16ClNO2. The Balaban J connectivity index is 2.25. The van der Waals surface area contributed by atoms with Gasteiger partial charge in [-0.25, -0.2) is 0 Å². The number of hydrogen-bond acceptors (Lipinski definition) is 3. The van der Waals surface area contributed by atoms with Gasteiger partial charge >= 0.3 is 0 Å². The maximum atomic E-state index is 6.23. The summed E-state index contributed by atoms with van der Waals surface area (Å²) in [4.78, 5) is 0. The Morgan fingerprint density at radius 1 is 1.50 bits per heavy atom. The highest BCUT2D eigenvalue weighted by atomic mass is 35.5. The van der Waals surface area contributed by atoms with Crippen LogP contribution in [0.1, 0.15) is 18.5 Å². The molecule has 0 bridgehead atoms. The van der Waals surface area contributed by atoms with E-state index in [-0.39, 0.29) is 12.1 Å². The molecule has 2 atom stereocenters. The van der Waals surface area contributed by atoms with Crippen LogP contribution in [-0.2, 0) is 4.74 Å². The van der Waals surface area contributed by atoms with Gasteiger partial charge in [-0.05, 0) is 24.6 Å². The van der Waals surface area contributed by atoms with E-state index in [9.17, 15) is 0 Å². The van der Waals surface area contributed by atoms with Crippen molar-refractivity contribution in [2.45, 2.75) is 19.1 Å². The lowest BCUT2D eigenvalue weighted by atomic mass is 10.0. The highest BCUT2D eigenvalue weighted by Crippen LogP contribution is 2.30. The largest absolute Gasteiger partial charge is 0.497 e. The molecule has 1 saturated heterocycles. The van der Waals surface area contributed by atoms with Crippen molar-refractivity contribution in [3.63, 3.8) is 0 Å². The van der Waals surface area contributed by atoms with Crippen molar-refractivity contribution in [2.24, 2.45) is 0 Å². The van der Waals surface area contributed by atoms with Crippen LogP contribution in [0.2, 0.25) is 5.02 Å². The molecule has 2 unspecified atom stereocenters. The zero-order valence-electron chi connectivity index (χ0n) is 9.50. The van der Waals surface area contributed by atoms with Crippen LogP contribution in [-0.4, -0.2) is 26.4 Å². The zero-order valence-corrected chi connectivity index (χ0v) is 10.3. The Labute approximate surface area is 101 Å².